The number of anilines is 1. The van der Waals surface area contributed by atoms with Gasteiger partial charge in [0.15, 0.2) is 0 Å². The van der Waals surface area contributed by atoms with Crippen molar-refractivity contribution < 1.29 is 19.4 Å². The summed E-state index contributed by atoms with van der Waals surface area (Å²) in [4.78, 5) is 30.6. The molecule has 2 aromatic rings. The minimum absolute atomic E-state index is 0.156. The van der Waals surface area contributed by atoms with Gasteiger partial charge in [0.25, 0.3) is 0 Å². The third-order valence-electron chi connectivity index (χ3n) is 4.89. The SMILES string of the molecule is CCCCC(=Nc1ccc(CN(C)C)cc1)C1C(=O)Nc2ccc(OC(=O)O)cc21. The van der Waals surface area contributed by atoms with Gasteiger partial charge in [-0.2, -0.15) is 0 Å². The molecule has 7 nitrogen and oxygen atoms in total. The average molecular weight is 409 g/mol. The van der Waals surface area contributed by atoms with Crippen LogP contribution in [0.1, 0.15) is 43.2 Å². The highest BCUT2D eigenvalue weighted by Gasteiger charge is 2.34. The minimum atomic E-state index is -1.39. The van der Waals surface area contributed by atoms with Gasteiger partial charge in [-0.1, -0.05) is 25.5 Å². The number of carbonyl (C=O) groups excluding carboxylic acids is 1. The molecule has 0 saturated carbocycles. The first-order chi connectivity index (χ1) is 14.4. The highest BCUT2D eigenvalue weighted by Crippen LogP contribution is 2.38. The van der Waals surface area contributed by atoms with E-state index in [-0.39, 0.29) is 11.7 Å². The lowest BCUT2D eigenvalue weighted by atomic mass is 9.92. The lowest BCUT2D eigenvalue weighted by Crippen LogP contribution is -2.21. The summed E-state index contributed by atoms with van der Waals surface area (Å²) in [5, 5.41) is 11.8. The van der Waals surface area contributed by atoms with Crippen LogP contribution in [-0.4, -0.2) is 41.9 Å². The van der Waals surface area contributed by atoms with Gasteiger partial charge < -0.3 is 20.1 Å². The fourth-order valence-electron chi connectivity index (χ4n) is 3.56. The molecule has 0 aromatic heterocycles. The van der Waals surface area contributed by atoms with Crippen LogP contribution in [0, 0.1) is 0 Å². The normalized spacial score (nSPS) is 15.8. The van der Waals surface area contributed by atoms with E-state index in [1.807, 2.05) is 38.4 Å². The Morgan fingerprint density at radius 1 is 1.20 bits per heavy atom. The number of unbranched alkanes of at least 4 members (excludes halogenated alkanes) is 1. The topological polar surface area (TPSA) is 91.2 Å². The van der Waals surface area contributed by atoms with E-state index < -0.39 is 12.1 Å². The predicted molar refractivity (Wildman–Crippen MR) is 117 cm³/mol. The van der Waals surface area contributed by atoms with Gasteiger partial charge in [0.05, 0.1) is 5.69 Å². The zero-order chi connectivity index (χ0) is 21.7. The van der Waals surface area contributed by atoms with Crippen LogP contribution in [0.4, 0.5) is 16.2 Å². The Morgan fingerprint density at radius 2 is 1.93 bits per heavy atom. The summed E-state index contributed by atoms with van der Waals surface area (Å²) in [6.45, 7) is 2.94. The molecule has 1 atom stereocenters. The van der Waals surface area contributed by atoms with Gasteiger partial charge in [0.1, 0.15) is 11.7 Å². The predicted octanol–water partition coefficient (Wildman–Crippen LogP) is 4.80. The van der Waals surface area contributed by atoms with E-state index in [1.165, 1.54) is 11.6 Å². The van der Waals surface area contributed by atoms with Crippen molar-refractivity contribution in [3.05, 3.63) is 53.6 Å². The number of carboxylic acid groups (broad SMARTS) is 1. The van der Waals surface area contributed by atoms with Crippen molar-refractivity contribution in [2.24, 2.45) is 4.99 Å². The maximum Gasteiger partial charge on any atom is 0.511 e. The van der Waals surface area contributed by atoms with Gasteiger partial charge in [-0.25, -0.2) is 4.79 Å². The highest BCUT2D eigenvalue weighted by molar-refractivity contribution is 6.19. The highest BCUT2D eigenvalue weighted by atomic mass is 16.7. The lowest BCUT2D eigenvalue weighted by molar-refractivity contribution is -0.115. The van der Waals surface area contributed by atoms with Crippen LogP contribution in [0.5, 0.6) is 5.75 Å². The quantitative estimate of drug-likeness (QED) is 0.371. The maximum absolute atomic E-state index is 12.8. The molecule has 2 N–H and O–H groups in total. The zero-order valence-corrected chi connectivity index (χ0v) is 17.5. The standard InChI is InChI=1S/C23H27N3O4/c1-4-5-6-20(24-16-9-7-15(8-10-16)14-26(2)3)21-18-13-17(30-23(28)29)11-12-19(18)25-22(21)27/h7-13,21H,4-6,14H2,1-3H3,(H,25,27)(H,28,29). The van der Waals surface area contributed by atoms with Crippen molar-refractivity contribution in [3.8, 4) is 5.75 Å². The van der Waals surface area contributed by atoms with Gasteiger partial charge in [0, 0.05) is 17.9 Å². The number of hydrogen-bond acceptors (Lipinski definition) is 5. The van der Waals surface area contributed by atoms with Crippen molar-refractivity contribution in [3.63, 3.8) is 0 Å². The number of ether oxygens (including phenoxy) is 1. The zero-order valence-electron chi connectivity index (χ0n) is 17.5. The second kappa shape index (κ2) is 9.54. The first-order valence-corrected chi connectivity index (χ1v) is 10.0. The minimum Gasteiger partial charge on any atom is -0.449 e. The molecule has 0 saturated heterocycles. The number of benzene rings is 2. The summed E-state index contributed by atoms with van der Waals surface area (Å²) >= 11 is 0. The Kier molecular flexibility index (Phi) is 6.84. The van der Waals surface area contributed by atoms with Crippen LogP contribution in [0.3, 0.4) is 0 Å². The van der Waals surface area contributed by atoms with Gasteiger partial charge >= 0.3 is 6.16 Å². The van der Waals surface area contributed by atoms with Crippen LogP contribution in [0.2, 0.25) is 0 Å². The van der Waals surface area contributed by atoms with E-state index in [2.05, 4.69) is 17.1 Å². The van der Waals surface area contributed by atoms with E-state index in [4.69, 9.17) is 14.8 Å². The molecular weight excluding hydrogens is 382 g/mol. The van der Waals surface area contributed by atoms with Crippen LogP contribution >= 0.6 is 0 Å². The number of carbonyl (C=O) groups is 2. The smallest absolute Gasteiger partial charge is 0.449 e. The molecule has 1 amide bonds. The molecule has 1 aliphatic rings. The maximum atomic E-state index is 12.8. The first-order valence-electron chi connectivity index (χ1n) is 10.0. The summed E-state index contributed by atoms with van der Waals surface area (Å²) in [6.07, 6.45) is 1.17. The van der Waals surface area contributed by atoms with Crippen LogP contribution in [-0.2, 0) is 11.3 Å². The van der Waals surface area contributed by atoms with E-state index in [1.54, 1.807) is 12.1 Å². The fraction of sp³-hybridized carbons (Fsp3) is 0.348. The Bertz CT molecular complexity index is 951. The Balaban J connectivity index is 1.95. The second-order valence-corrected chi connectivity index (χ2v) is 7.65. The molecule has 2 aromatic carbocycles. The number of amides is 1. The fourth-order valence-corrected chi connectivity index (χ4v) is 3.56. The summed E-state index contributed by atoms with van der Waals surface area (Å²) < 4.78 is 4.78. The largest absolute Gasteiger partial charge is 0.511 e. The summed E-state index contributed by atoms with van der Waals surface area (Å²) in [5.74, 6) is -0.535. The Morgan fingerprint density at radius 3 is 2.57 bits per heavy atom. The van der Waals surface area contributed by atoms with Crippen LogP contribution < -0.4 is 10.1 Å². The number of fused-ring (bicyclic) bond motifs is 1. The molecule has 0 bridgehead atoms. The molecule has 3 rings (SSSR count). The Labute approximate surface area is 176 Å². The van der Waals surface area contributed by atoms with Crippen molar-refractivity contribution in [1.29, 1.82) is 0 Å². The van der Waals surface area contributed by atoms with Gasteiger partial charge in [-0.05, 0) is 68.4 Å². The average Bonchev–Trinajstić information content (AvgIpc) is 3.01. The number of nitrogens with one attached hydrogen (secondary N) is 1. The molecule has 7 heteroatoms. The van der Waals surface area contributed by atoms with Crippen molar-refractivity contribution in [2.45, 2.75) is 38.6 Å². The Hall–Kier alpha value is -3.19. The van der Waals surface area contributed by atoms with E-state index >= 15 is 0 Å². The third-order valence-corrected chi connectivity index (χ3v) is 4.89. The third kappa shape index (κ3) is 5.24. The molecule has 0 aliphatic carbocycles. The molecule has 158 valence electrons. The van der Waals surface area contributed by atoms with Gasteiger partial charge in [-0.3, -0.25) is 9.79 Å². The summed E-state index contributed by atoms with van der Waals surface area (Å²) in [5.41, 5.74) is 4.10. The van der Waals surface area contributed by atoms with Crippen LogP contribution in [0.15, 0.2) is 47.5 Å². The molecular formula is C23H27N3O4. The molecule has 1 heterocycles. The first kappa shape index (κ1) is 21.5. The van der Waals surface area contributed by atoms with E-state index in [0.29, 0.717) is 17.7 Å². The van der Waals surface area contributed by atoms with Crippen LogP contribution in [0.25, 0.3) is 0 Å². The second-order valence-electron chi connectivity index (χ2n) is 7.65. The van der Waals surface area contributed by atoms with Crippen molar-refractivity contribution >= 4 is 29.1 Å². The van der Waals surface area contributed by atoms with E-state index in [0.717, 1.165) is 30.8 Å². The van der Waals surface area contributed by atoms with Gasteiger partial charge in [-0.15, -0.1) is 0 Å². The number of hydrogen-bond donors (Lipinski definition) is 2. The van der Waals surface area contributed by atoms with Gasteiger partial charge in [0.2, 0.25) is 5.91 Å². The van der Waals surface area contributed by atoms with Crippen molar-refractivity contribution in [2.75, 3.05) is 19.4 Å². The number of nitrogens with zero attached hydrogens (tertiary/aromatic N) is 2. The number of aliphatic imine (C=N–C) groups is 1. The number of rotatable bonds is 8. The summed E-state index contributed by atoms with van der Waals surface area (Å²) in [7, 11) is 4.04. The van der Waals surface area contributed by atoms with Crippen molar-refractivity contribution in [1.82, 2.24) is 4.90 Å². The molecule has 1 unspecified atom stereocenters. The molecule has 30 heavy (non-hydrogen) atoms. The van der Waals surface area contributed by atoms with E-state index in [9.17, 15) is 9.59 Å². The lowest BCUT2D eigenvalue weighted by Gasteiger charge is -2.14. The molecule has 0 fully saturated rings. The summed E-state index contributed by atoms with van der Waals surface area (Å²) in [6, 6.07) is 12.8. The molecule has 0 radical (unpaired) electrons. The molecule has 1 aliphatic heterocycles. The molecule has 0 spiro atoms. The monoisotopic (exact) mass is 409 g/mol.